The molecule has 5 nitrogen and oxygen atoms in total. The van der Waals surface area contributed by atoms with Crippen molar-refractivity contribution in [2.75, 3.05) is 12.4 Å². The third kappa shape index (κ3) is 4.40. The van der Waals surface area contributed by atoms with Crippen molar-refractivity contribution in [2.24, 2.45) is 0 Å². The normalized spacial score (nSPS) is 10.7. The number of urea groups is 1. The Kier molecular flexibility index (Phi) is 5.98. The second kappa shape index (κ2) is 8.24. The number of hydrogen-bond acceptors (Lipinski definition) is 4. The highest BCUT2D eigenvalue weighted by atomic mass is 79.9. The summed E-state index contributed by atoms with van der Waals surface area (Å²) < 4.78 is 20.0. The van der Waals surface area contributed by atoms with Gasteiger partial charge in [0.25, 0.3) is 0 Å². The van der Waals surface area contributed by atoms with Crippen molar-refractivity contribution in [3.8, 4) is 0 Å². The quantitative estimate of drug-likeness (QED) is 0.489. The SMILES string of the molecule is COC(=O)c1sc2ccc(Cl)cc2c1NC(=O)NCc1ccc(Br)cc1F. The lowest BCUT2D eigenvalue weighted by atomic mass is 10.2. The summed E-state index contributed by atoms with van der Waals surface area (Å²) in [6.07, 6.45) is 0. The van der Waals surface area contributed by atoms with E-state index >= 15 is 0 Å². The number of thiophene rings is 1. The number of ether oxygens (including phenoxy) is 1. The predicted octanol–water partition coefficient (Wildman–Crippen LogP) is 5.56. The van der Waals surface area contributed by atoms with Crippen molar-refractivity contribution >= 4 is 66.6 Å². The lowest BCUT2D eigenvalue weighted by molar-refractivity contribution is 0.0607. The van der Waals surface area contributed by atoms with E-state index in [1.54, 1.807) is 30.3 Å². The fourth-order valence-electron chi connectivity index (χ4n) is 2.43. The van der Waals surface area contributed by atoms with Crippen molar-refractivity contribution in [2.45, 2.75) is 6.54 Å². The summed E-state index contributed by atoms with van der Waals surface area (Å²) in [7, 11) is 1.26. The number of hydrogen-bond donors (Lipinski definition) is 2. The molecular formula is C18H13BrClFN2O3S. The molecule has 2 aromatic carbocycles. The third-order valence-electron chi connectivity index (χ3n) is 3.71. The van der Waals surface area contributed by atoms with E-state index in [1.165, 1.54) is 24.5 Å². The molecule has 1 aromatic heterocycles. The van der Waals surface area contributed by atoms with E-state index < -0.39 is 17.8 Å². The summed E-state index contributed by atoms with van der Waals surface area (Å²) in [4.78, 5) is 24.6. The number of carbonyl (C=O) groups is 2. The molecule has 3 rings (SSSR count). The van der Waals surface area contributed by atoms with Crippen LogP contribution in [0.5, 0.6) is 0 Å². The summed E-state index contributed by atoms with van der Waals surface area (Å²) in [5.74, 6) is -1.01. The molecule has 0 aliphatic heterocycles. The highest BCUT2D eigenvalue weighted by Gasteiger charge is 2.21. The Bertz CT molecular complexity index is 1040. The molecule has 0 saturated heterocycles. The van der Waals surface area contributed by atoms with Gasteiger partial charge in [0.2, 0.25) is 0 Å². The van der Waals surface area contributed by atoms with E-state index in [9.17, 15) is 14.0 Å². The molecule has 3 aromatic rings. The molecule has 0 bridgehead atoms. The van der Waals surface area contributed by atoms with Crippen LogP contribution < -0.4 is 10.6 Å². The van der Waals surface area contributed by atoms with E-state index in [2.05, 4.69) is 26.6 Å². The number of amides is 2. The van der Waals surface area contributed by atoms with E-state index in [-0.39, 0.29) is 11.4 Å². The maximum Gasteiger partial charge on any atom is 0.350 e. The van der Waals surface area contributed by atoms with Gasteiger partial charge < -0.3 is 15.4 Å². The maximum atomic E-state index is 13.9. The van der Waals surface area contributed by atoms with Gasteiger partial charge in [0.05, 0.1) is 12.8 Å². The van der Waals surface area contributed by atoms with Crippen LogP contribution in [0.15, 0.2) is 40.9 Å². The first-order chi connectivity index (χ1) is 12.9. The molecule has 0 spiro atoms. The molecule has 1 heterocycles. The molecule has 0 aliphatic rings. The van der Waals surface area contributed by atoms with Crippen LogP contribution in [-0.2, 0) is 11.3 Å². The zero-order valence-electron chi connectivity index (χ0n) is 13.9. The minimum absolute atomic E-state index is 0.0126. The van der Waals surface area contributed by atoms with Crippen LogP contribution in [0.25, 0.3) is 10.1 Å². The zero-order valence-corrected chi connectivity index (χ0v) is 17.1. The minimum atomic E-state index is -0.581. The molecule has 0 aliphatic carbocycles. The number of nitrogens with one attached hydrogen (secondary N) is 2. The number of methoxy groups -OCH3 is 1. The van der Waals surface area contributed by atoms with Gasteiger partial charge >= 0.3 is 12.0 Å². The van der Waals surface area contributed by atoms with E-state index in [1.807, 2.05) is 0 Å². The van der Waals surface area contributed by atoms with Crippen molar-refractivity contribution < 1.29 is 18.7 Å². The van der Waals surface area contributed by atoms with Gasteiger partial charge in [-0.1, -0.05) is 33.6 Å². The standard InChI is InChI=1S/C18H13BrClFN2O3S/c1-26-17(24)16-15(12-7-11(20)4-5-14(12)27-16)23-18(25)22-8-9-2-3-10(19)6-13(9)21/h2-7H,8H2,1H3,(H2,22,23,25). The van der Waals surface area contributed by atoms with Crippen LogP contribution in [0.4, 0.5) is 14.9 Å². The molecule has 140 valence electrons. The van der Waals surface area contributed by atoms with Gasteiger partial charge in [-0.2, -0.15) is 0 Å². The second-order valence-electron chi connectivity index (χ2n) is 5.48. The lowest BCUT2D eigenvalue weighted by Crippen LogP contribution is -2.29. The number of anilines is 1. The van der Waals surface area contributed by atoms with Gasteiger partial charge in [-0.3, -0.25) is 0 Å². The van der Waals surface area contributed by atoms with Gasteiger partial charge in [0.1, 0.15) is 10.7 Å². The molecule has 0 unspecified atom stereocenters. The monoisotopic (exact) mass is 470 g/mol. The molecule has 0 fully saturated rings. The Morgan fingerprint density at radius 2 is 2.04 bits per heavy atom. The van der Waals surface area contributed by atoms with Crippen LogP contribution in [0.3, 0.4) is 0 Å². The van der Waals surface area contributed by atoms with Crippen molar-refractivity contribution in [3.05, 3.63) is 62.2 Å². The van der Waals surface area contributed by atoms with Crippen molar-refractivity contribution in [3.63, 3.8) is 0 Å². The van der Waals surface area contributed by atoms with Crippen LogP contribution in [0.1, 0.15) is 15.2 Å². The number of halogens is 3. The summed E-state index contributed by atoms with van der Waals surface area (Å²) in [5.41, 5.74) is 0.637. The van der Waals surface area contributed by atoms with E-state index in [4.69, 9.17) is 16.3 Å². The highest BCUT2D eigenvalue weighted by Crippen LogP contribution is 2.37. The lowest BCUT2D eigenvalue weighted by Gasteiger charge is -2.09. The third-order valence-corrected chi connectivity index (χ3v) is 5.59. The largest absolute Gasteiger partial charge is 0.465 e. The molecule has 0 radical (unpaired) electrons. The molecule has 2 amide bonds. The number of rotatable bonds is 4. The Balaban J connectivity index is 1.83. The van der Waals surface area contributed by atoms with Gasteiger partial charge in [0.15, 0.2) is 0 Å². The predicted molar refractivity (Wildman–Crippen MR) is 108 cm³/mol. The molecule has 0 saturated carbocycles. The van der Waals surface area contributed by atoms with E-state index in [0.29, 0.717) is 26.1 Å². The molecule has 9 heteroatoms. The number of benzene rings is 2. The fraction of sp³-hybridized carbons (Fsp3) is 0.111. The van der Waals surface area contributed by atoms with Gasteiger partial charge in [-0.25, -0.2) is 14.0 Å². The maximum absolute atomic E-state index is 13.9. The first kappa shape index (κ1) is 19.6. The summed E-state index contributed by atoms with van der Waals surface area (Å²) >= 11 is 10.4. The van der Waals surface area contributed by atoms with Crippen LogP contribution >= 0.6 is 38.9 Å². The first-order valence-electron chi connectivity index (χ1n) is 7.68. The van der Waals surface area contributed by atoms with Crippen LogP contribution in [0.2, 0.25) is 5.02 Å². The summed E-state index contributed by atoms with van der Waals surface area (Å²) in [6.45, 7) is -0.0126. The molecular weight excluding hydrogens is 459 g/mol. The first-order valence-corrected chi connectivity index (χ1v) is 9.67. The Morgan fingerprint density at radius 3 is 2.74 bits per heavy atom. The molecule has 0 atom stereocenters. The van der Waals surface area contributed by atoms with Gasteiger partial charge in [-0.05, 0) is 30.3 Å². The number of esters is 1. The Labute approximate surface area is 171 Å². The topological polar surface area (TPSA) is 67.4 Å². The average Bonchev–Trinajstić information content (AvgIpc) is 2.98. The van der Waals surface area contributed by atoms with Gasteiger partial charge in [-0.15, -0.1) is 11.3 Å². The highest BCUT2D eigenvalue weighted by molar-refractivity contribution is 9.10. The molecule has 27 heavy (non-hydrogen) atoms. The number of carbonyl (C=O) groups excluding carboxylic acids is 2. The Morgan fingerprint density at radius 1 is 1.26 bits per heavy atom. The summed E-state index contributed by atoms with van der Waals surface area (Å²) in [5, 5.41) is 6.31. The second-order valence-corrected chi connectivity index (χ2v) is 7.89. The average molecular weight is 472 g/mol. The van der Waals surface area contributed by atoms with Crippen molar-refractivity contribution in [1.82, 2.24) is 5.32 Å². The molecule has 2 N–H and O–H groups in total. The zero-order chi connectivity index (χ0) is 19.6. The minimum Gasteiger partial charge on any atom is -0.465 e. The van der Waals surface area contributed by atoms with E-state index in [0.717, 1.165) is 4.70 Å². The number of fused-ring (bicyclic) bond motifs is 1. The van der Waals surface area contributed by atoms with Crippen molar-refractivity contribution in [1.29, 1.82) is 0 Å². The fourth-order valence-corrected chi connectivity index (χ4v) is 3.99. The summed E-state index contributed by atoms with van der Waals surface area (Å²) in [6, 6.07) is 9.10. The Hall–Kier alpha value is -2.16. The smallest absolute Gasteiger partial charge is 0.350 e. The van der Waals surface area contributed by atoms with Crippen LogP contribution in [-0.4, -0.2) is 19.1 Å². The van der Waals surface area contributed by atoms with Gasteiger partial charge in [0, 0.05) is 31.7 Å². The van der Waals surface area contributed by atoms with Crippen LogP contribution in [0, 0.1) is 5.82 Å².